The van der Waals surface area contributed by atoms with Gasteiger partial charge in [0.1, 0.15) is 0 Å². The lowest BCUT2D eigenvalue weighted by Crippen LogP contribution is -2.26. The molecule has 16 heavy (non-hydrogen) atoms. The van der Waals surface area contributed by atoms with E-state index in [-0.39, 0.29) is 5.41 Å². The Morgan fingerprint density at radius 3 is 2.88 bits per heavy atom. The fourth-order valence-electron chi connectivity index (χ4n) is 1.49. The molecule has 0 aliphatic carbocycles. The molecule has 0 aromatic carbocycles. The van der Waals surface area contributed by atoms with Gasteiger partial charge in [0.25, 0.3) is 0 Å². The molecule has 0 fully saturated rings. The molecular formula is C12H21N3O. The number of pyridine rings is 1. The average Bonchev–Trinajstić information content (AvgIpc) is 2.27. The van der Waals surface area contributed by atoms with Gasteiger partial charge >= 0.3 is 0 Å². The summed E-state index contributed by atoms with van der Waals surface area (Å²) in [5.74, 6) is 1.56. The molecule has 0 atom stereocenters. The predicted octanol–water partition coefficient (Wildman–Crippen LogP) is 1.88. The highest BCUT2D eigenvalue weighted by Gasteiger charge is 2.17. The molecule has 0 saturated heterocycles. The molecule has 1 heterocycles. The maximum atomic E-state index is 5.57. The minimum Gasteiger partial charge on any atom is -0.493 e. The number of methoxy groups -OCH3 is 1. The molecule has 0 bridgehead atoms. The molecule has 1 rings (SSSR count). The molecule has 0 aliphatic heterocycles. The summed E-state index contributed by atoms with van der Waals surface area (Å²) in [5, 5.41) is 3.30. The Labute approximate surface area is 97.2 Å². The van der Waals surface area contributed by atoms with Crippen molar-refractivity contribution in [2.75, 3.05) is 25.5 Å². The number of anilines is 1. The number of nitrogens with one attached hydrogen (secondary N) is 1. The van der Waals surface area contributed by atoms with Crippen LogP contribution in [0.2, 0.25) is 0 Å². The molecule has 0 amide bonds. The van der Waals surface area contributed by atoms with Crippen LogP contribution in [0.3, 0.4) is 0 Å². The van der Waals surface area contributed by atoms with Crippen LogP contribution in [0.25, 0.3) is 0 Å². The van der Waals surface area contributed by atoms with Crippen LogP contribution >= 0.6 is 0 Å². The van der Waals surface area contributed by atoms with Gasteiger partial charge in [-0.2, -0.15) is 0 Å². The van der Waals surface area contributed by atoms with Crippen LogP contribution < -0.4 is 15.8 Å². The van der Waals surface area contributed by atoms with Crippen molar-refractivity contribution >= 4 is 5.82 Å². The summed E-state index contributed by atoms with van der Waals surface area (Å²) in [6, 6.07) is 3.75. The van der Waals surface area contributed by atoms with Crippen molar-refractivity contribution in [3.63, 3.8) is 0 Å². The largest absolute Gasteiger partial charge is 0.493 e. The lowest BCUT2D eigenvalue weighted by Gasteiger charge is -2.24. The van der Waals surface area contributed by atoms with E-state index in [9.17, 15) is 0 Å². The summed E-state index contributed by atoms with van der Waals surface area (Å²) < 4.78 is 5.22. The SMILES string of the molecule is COc1cccnc1NCC(C)(C)CCN. The quantitative estimate of drug-likeness (QED) is 0.773. The van der Waals surface area contributed by atoms with Crippen LogP contribution in [-0.2, 0) is 0 Å². The molecule has 0 aliphatic rings. The summed E-state index contributed by atoms with van der Waals surface area (Å²) in [6.07, 6.45) is 2.73. The molecule has 4 heteroatoms. The van der Waals surface area contributed by atoms with Gasteiger partial charge in [-0.1, -0.05) is 13.8 Å². The number of nitrogens with two attached hydrogens (primary N) is 1. The van der Waals surface area contributed by atoms with Crippen molar-refractivity contribution in [3.05, 3.63) is 18.3 Å². The van der Waals surface area contributed by atoms with Crippen molar-refractivity contribution in [3.8, 4) is 5.75 Å². The summed E-state index contributed by atoms with van der Waals surface area (Å²) in [7, 11) is 1.65. The third-order valence-electron chi connectivity index (χ3n) is 2.55. The molecule has 3 N–H and O–H groups in total. The maximum absolute atomic E-state index is 5.57. The summed E-state index contributed by atoms with van der Waals surface area (Å²) in [5.41, 5.74) is 5.74. The summed E-state index contributed by atoms with van der Waals surface area (Å²) in [4.78, 5) is 4.25. The van der Waals surface area contributed by atoms with E-state index in [1.165, 1.54) is 0 Å². The number of rotatable bonds is 6. The first-order valence-corrected chi connectivity index (χ1v) is 5.52. The van der Waals surface area contributed by atoms with E-state index in [0.717, 1.165) is 24.5 Å². The number of ether oxygens (including phenoxy) is 1. The highest BCUT2D eigenvalue weighted by atomic mass is 16.5. The van der Waals surface area contributed by atoms with E-state index in [1.54, 1.807) is 13.3 Å². The fourth-order valence-corrected chi connectivity index (χ4v) is 1.49. The Kier molecular flexibility index (Phi) is 4.55. The highest BCUT2D eigenvalue weighted by Crippen LogP contribution is 2.24. The summed E-state index contributed by atoms with van der Waals surface area (Å²) in [6.45, 7) is 5.90. The van der Waals surface area contributed by atoms with Gasteiger partial charge in [-0.25, -0.2) is 4.98 Å². The van der Waals surface area contributed by atoms with Crippen LogP contribution in [0.5, 0.6) is 5.75 Å². The third kappa shape index (κ3) is 3.70. The molecular weight excluding hydrogens is 202 g/mol. The second-order valence-electron chi connectivity index (χ2n) is 4.61. The van der Waals surface area contributed by atoms with Crippen molar-refractivity contribution in [1.29, 1.82) is 0 Å². The minimum atomic E-state index is 0.164. The molecule has 0 unspecified atom stereocenters. The van der Waals surface area contributed by atoms with Crippen LogP contribution in [0.1, 0.15) is 20.3 Å². The first kappa shape index (κ1) is 12.8. The Hall–Kier alpha value is -1.29. The first-order valence-electron chi connectivity index (χ1n) is 5.52. The van der Waals surface area contributed by atoms with Gasteiger partial charge in [-0.05, 0) is 30.5 Å². The second-order valence-corrected chi connectivity index (χ2v) is 4.61. The number of aromatic nitrogens is 1. The normalized spacial score (nSPS) is 11.2. The van der Waals surface area contributed by atoms with Gasteiger partial charge in [0.2, 0.25) is 0 Å². The highest BCUT2D eigenvalue weighted by molar-refractivity contribution is 5.49. The maximum Gasteiger partial charge on any atom is 0.168 e. The Balaban J connectivity index is 2.60. The zero-order chi connectivity index (χ0) is 12.0. The Bertz CT molecular complexity index is 326. The Morgan fingerprint density at radius 2 is 2.25 bits per heavy atom. The van der Waals surface area contributed by atoms with E-state index in [4.69, 9.17) is 10.5 Å². The van der Waals surface area contributed by atoms with Gasteiger partial charge in [0.15, 0.2) is 11.6 Å². The average molecular weight is 223 g/mol. The smallest absolute Gasteiger partial charge is 0.168 e. The third-order valence-corrected chi connectivity index (χ3v) is 2.55. The lowest BCUT2D eigenvalue weighted by atomic mass is 9.89. The predicted molar refractivity (Wildman–Crippen MR) is 66.7 cm³/mol. The molecule has 0 radical (unpaired) electrons. The molecule has 1 aromatic rings. The van der Waals surface area contributed by atoms with Crippen LogP contribution in [-0.4, -0.2) is 25.2 Å². The zero-order valence-electron chi connectivity index (χ0n) is 10.3. The minimum absolute atomic E-state index is 0.164. The molecule has 90 valence electrons. The zero-order valence-corrected chi connectivity index (χ0v) is 10.3. The van der Waals surface area contributed by atoms with Crippen molar-refractivity contribution in [2.45, 2.75) is 20.3 Å². The van der Waals surface area contributed by atoms with Crippen LogP contribution in [0.4, 0.5) is 5.82 Å². The lowest BCUT2D eigenvalue weighted by molar-refractivity contribution is 0.363. The number of hydrogen-bond acceptors (Lipinski definition) is 4. The second kappa shape index (κ2) is 5.70. The van der Waals surface area contributed by atoms with Crippen LogP contribution in [0.15, 0.2) is 18.3 Å². The number of nitrogens with zero attached hydrogens (tertiary/aromatic N) is 1. The topological polar surface area (TPSA) is 60.2 Å². The standard InChI is InChI=1S/C12H21N3O/c1-12(2,6-7-13)9-15-11-10(16-3)5-4-8-14-11/h4-5,8H,6-7,9,13H2,1-3H3,(H,14,15). The van der Waals surface area contributed by atoms with Gasteiger partial charge in [-0.3, -0.25) is 0 Å². The van der Waals surface area contributed by atoms with E-state index in [1.807, 2.05) is 12.1 Å². The van der Waals surface area contributed by atoms with Gasteiger partial charge < -0.3 is 15.8 Å². The molecule has 4 nitrogen and oxygen atoms in total. The Morgan fingerprint density at radius 1 is 1.50 bits per heavy atom. The monoisotopic (exact) mass is 223 g/mol. The molecule has 1 aromatic heterocycles. The van der Waals surface area contributed by atoms with E-state index < -0.39 is 0 Å². The van der Waals surface area contributed by atoms with E-state index in [0.29, 0.717) is 6.54 Å². The van der Waals surface area contributed by atoms with Gasteiger partial charge in [-0.15, -0.1) is 0 Å². The molecule has 0 saturated carbocycles. The van der Waals surface area contributed by atoms with Crippen molar-refractivity contribution in [2.24, 2.45) is 11.1 Å². The van der Waals surface area contributed by atoms with Gasteiger partial charge in [0.05, 0.1) is 7.11 Å². The van der Waals surface area contributed by atoms with Gasteiger partial charge in [0, 0.05) is 12.7 Å². The number of hydrogen-bond donors (Lipinski definition) is 2. The molecule has 0 spiro atoms. The summed E-state index contributed by atoms with van der Waals surface area (Å²) >= 11 is 0. The van der Waals surface area contributed by atoms with Crippen LogP contribution in [0, 0.1) is 5.41 Å². The van der Waals surface area contributed by atoms with E-state index in [2.05, 4.69) is 24.1 Å². The first-order chi connectivity index (χ1) is 7.59. The van der Waals surface area contributed by atoms with E-state index >= 15 is 0 Å². The fraction of sp³-hybridized carbons (Fsp3) is 0.583. The van der Waals surface area contributed by atoms with Crippen molar-refractivity contribution in [1.82, 2.24) is 4.98 Å². The van der Waals surface area contributed by atoms with Crippen molar-refractivity contribution < 1.29 is 4.74 Å².